The van der Waals surface area contributed by atoms with E-state index in [1.54, 1.807) is 4.90 Å². The summed E-state index contributed by atoms with van der Waals surface area (Å²) >= 11 is 0. The summed E-state index contributed by atoms with van der Waals surface area (Å²) in [5.74, 6) is -6.72. The molecule has 4 aliphatic rings. The molecule has 0 aromatic heterocycles. The Kier molecular flexibility index (Phi) is 4.73. The van der Waals surface area contributed by atoms with Crippen molar-refractivity contribution < 1.29 is 31.5 Å². The first-order valence-electron chi connectivity index (χ1n) is 9.53. The van der Waals surface area contributed by atoms with Crippen LogP contribution in [0.25, 0.3) is 0 Å². The molecule has 6 nitrogen and oxygen atoms in total. The van der Waals surface area contributed by atoms with Crippen LogP contribution in [0, 0.1) is 5.92 Å². The van der Waals surface area contributed by atoms with Crippen molar-refractivity contribution in [3.8, 4) is 0 Å². The van der Waals surface area contributed by atoms with E-state index in [0.29, 0.717) is 24.5 Å². The predicted octanol–water partition coefficient (Wildman–Crippen LogP) is 1.32. The highest BCUT2D eigenvalue weighted by molar-refractivity contribution is 5.85. The summed E-state index contributed by atoms with van der Waals surface area (Å²) in [6.07, 6.45) is 0.532. The summed E-state index contributed by atoms with van der Waals surface area (Å²) in [5, 5.41) is 3.21. The first kappa shape index (κ1) is 20.0. The maximum absolute atomic E-state index is 13.3. The number of halogens is 5. The number of rotatable bonds is 3. The number of hydrogen-bond acceptors (Lipinski definition) is 4. The molecule has 0 spiro atoms. The Morgan fingerprint density at radius 1 is 1.17 bits per heavy atom. The maximum Gasteiger partial charge on any atom is 0.463 e. The minimum absolute atomic E-state index is 0.0189. The number of piperidine rings is 1. The van der Waals surface area contributed by atoms with Crippen molar-refractivity contribution >= 4 is 11.8 Å². The van der Waals surface area contributed by atoms with Gasteiger partial charge in [0.25, 0.3) is 0 Å². The second-order valence-electron chi connectivity index (χ2n) is 7.86. The van der Waals surface area contributed by atoms with Crippen LogP contribution >= 0.6 is 0 Å². The predicted molar refractivity (Wildman–Crippen MR) is 91.5 cm³/mol. The maximum atomic E-state index is 13.3. The van der Waals surface area contributed by atoms with Crippen molar-refractivity contribution in [3.63, 3.8) is 0 Å². The summed E-state index contributed by atoms with van der Waals surface area (Å²) in [7, 11) is 0. The lowest BCUT2D eigenvalue weighted by Crippen LogP contribution is -2.60. The Balaban J connectivity index is 1.35. The number of piperazine rings is 1. The van der Waals surface area contributed by atoms with Gasteiger partial charge in [0.2, 0.25) is 5.91 Å². The Labute approximate surface area is 164 Å². The third kappa shape index (κ3) is 3.33. The summed E-state index contributed by atoms with van der Waals surface area (Å²) in [6.45, 7) is 1.06. The molecule has 2 amide bonds. The van der Waals surface area contributed by atoms with E-state index in [1.807, 2.05) is 18.2 Å². The lowest BCUT2D eigenvalue weighted by atomic mass is 9.94. The van der Waals surface area contributed by atoms with Crippen LogP contribution in [-0.4, -0.2) is 83.4 Å². The smallest absolute Gasteiger partial charge is 0.369 e. The fourth-order valence-corrected chi connectivity index (χ4v) is 4.48. The molecule has 3 saturated heterocycles. The Morgan fingerprint density at radius 3 is 2.52 bits per heavy atom. The van der Waals surface area contributed by atoms with E-state index in [-0.39, 0.29) is 49.8 Å². The average Bonchev–Trinajstić information content (AvgIpc) is 3.11. The van der Waals surface area contributed by atoms with Gasteiger partial charge in [0.15, 0.2) is 0 Å². The van der Waals surface area contributed by atoms with E-state index in [4.69, 9.17) is 0 Å². The first-order chi connectivity index (χ1) is 13.6. The van der Waals surface area contributed by atoms with Gasteiger partial charge in [-0.15, -0.1) is 0 Å². The number of hydrogen-bond donors (Lipinski definition) is 1. The van der Waals surface area contributed by atoms with E-state index < -0.39 is 18.0 Å². The van der Waals surface area contributed by atoms with Crippen molar-refractivity contribution in [1.82, 2.24) is 20.0 Å². The van der Waals surface area contributed by atoms with E-state index in [2.05, 4.69) is 10.2 Å². The molecule has 1 N–H and O–H groups in total. The fraction of sp³-hybridized carbons (Fsp3) is 0.667. The van der Waals surface area contributed by atoms with Crippen molar-refractivity contribution in [3.05, 3.63) is 24.0 Å². The second kappa shape index (κ2) is 6.88. The number of carbonyl (C=O) groups excluding carboxylic acids is 2. The number of carbonyl (C=O) groups is 2. The fourth-order valence-electron chi connectivity index (χ4n) is 4.48. The molecule has 2 unspecified atom stereocenters. The third-order valence-corrected chi connectivity index (χ3v) is 6.04. The van der Waals surface area contributed by atoms with Gasteiger partial charge in [0.1, 0.15) is 11.9 Å². The van der Waals surface area contributed by atoms with Crippen LogP contribution in [0.1, 0.15) is 12.8 Å². The number of allylic oxidation sites excluding steroid dienone is 2. The van der Waals surface area contributed by atoms with E-state index in [0.717, 1.165) is 5.82 Å². The van der Waals surface area contributed by atoms with Crippen molar-refractivity contribution in [2.45, 2.75) is 37.0 Å². The number of nitrogens with zero attached hydrogens (tertiary/aromatic N) is 3. The number of amides is 2. The van der Waals surface area contributed by atoms with Crippen LogP contribution < -0.4 is 5.32 Å². The number of alkyl halides is 5. The Bertz CT molecular complexity index is 758. The van der Waals surface area contributed by atoms with Gasteiger partial charge in [-0.2, -0.15) is 22.0 Å². The first-order valence-corrected chi connectivity index (χ1v) is 9.53. The van der Waals surface area contributed by atoms with Gasteiger partial charge in [-0.05, 0) is 24.8 Å². The highest BCUT2D eigenvalue weighted by atomic mass is 19.4. The normalized spacial score (nSPS) is 27.7. The number of likely N-dealkylation sites (tertiary alicyclic amines) is 1. The van der Waals surface area contributed by atoms with Gasteiger partial charge in [-0.1, -0.05) is 12.2 Å². The van der Waals surface area contributed by atoms with Crippen molar-refractivity contribution in [1.29, 1.82) is 0 Å². The van der Waals surface area contributed by atoms with Crippen LogP contribution in [0.4, 0.5) is 22.0 Å². The molecule has 2 atom stereocenters. The molecule has 0 aromatic carbocycles. The zero-order chi connectivity index (χ0) is 21.0. The molecule has 4 aliphatic heterocycles. The summed E-state index contributed by atoms with van der Waals surface area (Å²) in [5.41, 5.74) is 0. The molecule has 29 heavy (non-hydrogen) atoms. The van der Waals surface area contributed by atoms with E-state index in [9.17, 15) is 31.5 Å². The highest BCUT2D eigenvalue weighted by Crippen LogP contribution is 2.38. The molecule has 3 fully saturated rings. The van der Waals surface area contributed by atoms with Gasteiger partial charge in [-0.25, -0.2) is 0 Å². The molecule has 0 saturated carbocycles. The van der Waals surface area contributed by atoms with Gasteiger partial charge >= 0.3 is 18.0 Å². The van der Waals surface area contributed by atoms with Gasteiger partial charge < -0.3 is 20.0 Å². The van der Waals surface area contributed by atoms with Gasteiger partial charge in [0, 0.05) is 32.7 Å². The molecule has 4 rings (SSSR count). The minimum atomic E-state index is -5.90. The lowest BCUT2D eigenvalue weighted by Gasteiger charge is -2.45. The second-order valence-corrected chi connectivity index (χ2v) is 7.86. The minimum Gasteiger partial charge on any atom is -0.369 e. The highest BCUT2D eigenvalue weighted by Gasteiger charge is 2.64. The molecule has 11 heteroatoms. The van der Waals surface area contributed by atoms with Crippen LogP contribution in [0.2, 0.25) is 0 Å². The van der Waals surface area contributed by atoms with Gasteiger partial charge in [0.05, 0.1) is 6.04 Å². The Hall–Kier alpha value is -2.33. The standard InChI is InChI=1S/C18H21F5N4O2/c19-17(20,18(21,22)23)16(29)25-6-4-11(5-7-25)9-26-10-12-2-1-3-14-24-8-13(15(26)28)27(12)14/h1-3,11-13,24H,4-10H2. The Morgan fingerprint density at radius 2 is 1.86 bits per heavy atom. The summed E-state index contributed by atoms with van der Waals surface area (Å²) in [6, 6.07) is -0.239. The summed E-state index contributed by atoms with van der Waals surface area (Å²) < 4.78 is 63.8. The lowest BCUT2D eigenvalue weighted by molar-refractivity contribution is -0.274. The molecule has 4 heterocycles. The van der Waals surface area contributed by atoms with Crippen molar-refractivity contribution in [2.75, 3.05) is 32.7 Å². The molecule has 0 bridgehead atoms. The quantitative estimate of drug-likeness (QED) is 0.700. The van der Waals surface area contributed by atoms with Crippen LogP contribution in [0.5, 0.6) is 0 Å². The molecule has 0 aliphatic carbocycles. The monoisotopic (exact) mass is 420 g/mol. The average molecular weight is 420 g/mol. The SMILES string of the molecule is O=C1C2CNC3=CC=CC(CN1CC1CCN(C(=O)C(F)(F)C(F)(F)F)CC1)N32. The van der Waals surface area contributed by atoms with Crippen molar-refractivity contribution in [2.24, 2.45) is 5.92 Å². The zero-order valence-corrected chi connectivity index (χ0v) is 15.5. The van der Waals surface area contributed by atoms with Crippen LogP contribution in [0.3, 0.4) is 0 Å². The largest absolute Gasteiger partial charge is 0.463 e. The zero-order valence-electron chi connectivity index (χ0n) is 15.5. The molecular weight excluding hydrogens is 399 g/mol. The third-order valence-electron chi connectivity index (χ3n) is 6.04. The molecule has 0 radical (unpaired) electrons. The van der Waals surface area contributed by atoms with E-state index >= 15 is 0 Å². The molecule has 0 aromatic rings. The van der Waals surface area contributed by atoms with Crippen LogP contribution in [0.15, 0.2) is 24.0 Å². The van der Waals surface area contributed by atoms with Gasteiger partial charge in [-0.3, -0.25) is 9.59 Å². The molecule has 160 valence electrons. The van der Waals surface area contributed by atoms with E-state index in [1.165, 1.54) is 0 Å². The number of nitrogens with one attached hydrogen (secondary N) is 1. The topological polar surface area (TPSA) is 55.9 Å². The summed E-state index contributed by atoms with van der Waals surface area (Å²) in [4.78, 5) is 28.8. The van der Waals surface area contributed by atoms with Crippen LogP contribution in [-0.2, 0) is 9.59 Å². The molecular formula is C18H21F5N4O2.